The Balaban J connectivity index is 2.19. The summed E-state index contributed by atoms with van der Waals surface area (Å²) < 4.78 is 41.3. The molecule has 1 aliphatic heterocycles. The maximum absolute atomic E-state index is 12.1. The van der Waals surface area contributed by atoms with Crippen LogP contribution in [0.2, 0.25) is 0 Å². The number of rotatable bonds is 7. The fourth-order valence-electron chi connectivity index (χ4n) is 2.13. The highest BCUT2D eigenvalue weighted by molar-refractivity contribution is 4.81. The predicted octanol–water partition coefficient (Wildman–Crippen LogP) is 1.64. The molecule has 1 unspecified atom stereocenters. The zero-order valence-corrected chi connectivity index (χ0v) is 10.2. The van der Waals surface area contributed by atoms with Gasteiger partial charge in [-0.3, -0.25) is 4.90 Å². The van der Waals surface area contributed by atoms with Crippen LogP contribution in [0.25, 0.3) is 0 Å². The Morgan fingerprint density at radius 2 is 2.18 bits per heavy atom. The third-order valence-corrected chi connectivity index (χ3v) is 3.04. The minimum absolute atomic E-state index is 0.125. The summed E-state index contributed by atoms with van der Waals surface area (Å²) >= 11 is 0. The second kappa shape index (κ2) is 7.18. The monoisotopic (exact) mass is 254 g/mol. The fraction of sp³-hybridized carbons (Fsp3) is 1.00. The Hall–Kier alpha value is -0.330. The lowest BCUT2D eigenvalue weighted by atomic mass is 10.2. The van der Waals surface area contributed by atoms with E-state index in [2.05, 4.69) is 5.32 Å². The lowest BCUT2D eigenvalue weighted by Gasteiger charge is -2.25. The van der Waals surface area contributed by atoms with E-state index in [0.717, 1.165) is 32.5 Å². The number of methoxy groups -OCH3 is 1. The summed E-state index contributed by atoms with van der Waals surface area (Å²) in [5.41, 5.74) is 0. The molecule has 1 fully saturated rings. The summed E-state index contributed by atoms with van der Waals surface area (Å²) in [5, 5.41) is 3.21. The molecule has 0 saturated carbocycles. The molecule has 0 bridgehead atoms. The maximum Gasteiger partial charge on any atom is 0.390 e. The van der Waals surface area contributed by atoms with E-state index in [4.69, 9.17) is 4.74 Å². The molecule has 1 atom stereocenters. The van der Waals surface area contributed by atoms with Crippen molar-refractivity contribution in [3.63, 3.8) is 0 Å². The van der Waals surface area contributed by atoms with Gasteiger partial charge in [-0.25, -0.2) is 0 Å². The number of ether oxygens (including phenoxy) is 1. The first-order valence-corrected chi connectivity index (χ1v) is 6.03. The van der Waals surface area contributed by atoms with Crippen molar-refractivity contribution in [2.45, 2.75) is 31.5 Å². The molecule has 1 saturated heterocycles. The second-order valence-corrected chi connectivity index (χ2v) is 4.39. The number of likely N-dealkylation sites (tertiary alicyclic amines) is 1. The molecule has 1 rings (SSSR count). The molecule has 0 aromatic carbocycles. The molecule has 102 valence electrons. The molecule has 17 heavy (non-hydrogen) atoms. The molecule has 0 amide bonds. The van der Waals surface area contributed by atoms with Gasteiger partial charge >= 0.3 is 6.18 Å². The lowest BCUT2D eigenvalue weighted by molar-refractivity contribution is -0.138. The number of hydrogen-bond acceptors (Lipinski definition) is 3. The van der Waals surface area contributed by atoms with E-state index in [1.165, 1.54) is 0 Å². The highest BCUT2D eigenvalue weighted by Crippen LogP contribution is 2.23. The number of alkyl halides is 3. The summed E-state index contributed by atoms with van der Waals surface area (Å²) in [5.74, 6) is 0. The highest BCUT2D eigenvalue weighted by atomic mass is 19.4. The van der Waals surface area contributed by atoms with E-state index >= 15 is 0 Å². The first-order valence-electron chi connectivity index (χ1n) is 6.03. The van der Waals surface area contributed by atoms with Crippen molar-refractivity contribution in [1.29, 1.82) is 0 Å². The molecule has 1 N–H and O–H groups in total. The maximum atomic E-state index is 12.1. The predicted molar refractivity (Wildman–Crippen MR) is 60.0 cm³/mol. The first kappa shape index (κ1) is 14.7. The van der Waals surface area contributed by atoms with Crippen molar-refractivity contribution in [1.82, 2.24) is 10.2 Å². The van der Waals surface area contributed by atoms with Gasteiger partial charge in [0, 0.05) is 32.8 Å². The Bertz CT molecular complexity index is 211. The average Bonchev–Trinajstić information content (AvgIpc) is 2.68. The summed E-state index contributed by atoms with van der Waals surface area (Å²) in [6.07, 6.45) is -2.77. The summed E-state index contributed by atoms with van der Waals surface area (Å²) in [4.78, 5) is 1.94. The topological polar surface area (TPSA) is 24.5 Å². The second-order valence-electron chi connectivity index (χ2n) is 4.39. The number of hydrogen-bond donors (Lipinski definition) is 1. The van der Waals surface area contributed by atoms with Crippen LogP contribution in [0.3, 0.4) is 0 Å². The molecule has 3 nitrogen and oxygen atoms in total. The van der Waals surface area contributed by atoms with Gasteiger partial charge < -0.3 is 10.1 Å². The average molecular weight is 254 g/mol. The number of halogens is 3. The molecule has 6 heteroatoms. The van der Waals surface area contributed by atoms with E-state index in [9.17, 15) is 13.2 Å². The van der Waals surface area contributed by atoms with Crippen LogP contribution in [0, 0.1) is 0 Å². The van der Waals surface area contributed by atoms with Gasteiger partial charge in [0.15, 0.2) is 0 Å². The molecule has 0 radical (unpaired) electrons. The van der Waals surface area contributed by atoms with Crippen LogP contribution in [0.4, 0.5) is 13.2 Å². The van der Waals surface area contributed by atoms with E-state index in [1.54, 1.807) is 7.11 Å². The van der Waals surface area contributed by atoms with Crippen LogP contribution >= 0.6 is 0 Å². The first-order chi connectivity index (χ1) is 8.03. The smallest absolute Gasteiger partial charge is 0.383 e. The van der Waals surface area contributed by atoms with Crippen LogP contribution in [0.5, 0.6) is 0 Å². The van der Waals surface area contributed by atoms with Gasteiger partial charge in [0.1, 0.15) is 0 Å². The lowest BCUT2D eigenvalue weighted by Crippen LogP contribution is -2.40. The van der Waals surface area contributed by atoms with Crippen molar-refractivity contribution < 1.29 is 17.9 Å². The van der Waals surface area contributed by atoms with Crippen molar-refractivity contribution >= 4 is 0 Å². The van der Waals surface area contributed by atoms with Gasteiger partial charge in [-0.2, -0.15) is 13.2 Å². The van der Waals surface area contributed by atoms with Gasteiger partial charge in [-0.1, -0.05) is 0 Å². The van der Waals surface area contributed by atoms with Crippen LogP contribution in [-0.4, -0.2) is 57.0 Å². The molecule has 0 spiro atoms. The summed E-state index contributed by atoms with van der Waals surface area (Å²) in [6, 6.07) is 0.245. The molecule has 0 aliphatic carbocycles. The summed E-state index contributed by atoms with van der Waals surface area (Å²) in [6.45, 7) is 3.05. The van der Waals surface area contributed by atoms with Crippen molar-refractivity contribution in [3.05, 3.63) is 0 Å². The van der Waals surface area contributed by atoms with Gasteiger partial charge in [0.05, 0.1) is 13.0 Å². The van der Waals surface area contributed by atoms with Gasteiger partial charge in [-0.15, -0.1) is 0 Å². The number of nitrogens with one attached hydrogen (secondary N) is 1. The Kier molecular flexibility index (Phi) is 6.22. The van der Waals surface area contributed by atoms with Crippen molar-refractivity contribution in [3.8, 4) is 0 Å². The normalized spacial score (nSPS) is 22.2. The Labute approximate surface area is 100 Å². The molecule has 1 aliphatic rings. The van der Waals surface area contributed by atoms with Gasteiger partial charge in [-0.05, 0) is 19.4 Å². The van der Waals surface area contributed by atoms with Crippen LogP contribution in [0.15, 0.2) is 0 Å². The van der Waals surface area contributed by atoms with E-state index in [1.807, 2.05) is 4.90 Å². The minimum Gasteiger partial charge on any atom is -0.383 e. The standard InChI is InChI=1S/C11H21F3N2O/c1-17-8-5-15-9-10-3-2-6-16(10)7-4-11(12,13)14/h10,15H,2-9H2,1H3. The SMILES string of the molecule is COCCNCC1CCCN1CCC(F)(F)F. The minimum atomic E-state index is -4.05. The molecule has 0 aromatic rings. The Morgan fingerprint density at radius 1 is 1.41 bits per heavy atom. The van der Waals surface area contributed by atoms with E-state index in [-0.39, 0.29) is 12.6 Å². The zero-order valence-electron chi connectivity index (χ0n) is 10.2. The van der Waals surface area contributed by atoms with Crippen molar-refractivity contribution in [2.24, 2.45) is 0 Å². The van der Waals surface area contributed by atoms with Gasteiger partial charge in [0.2, 0.25) is 0 Å². The van der Waals surface area contributed by atoms with Crippen LogP contribution in [0.1, 0.15) is 19.3 Å². The number of nitrogens with zero attached hydrogens (tertiary/aromatic N) is 1. The van der Waals surface area contributed by atoms with Crippen molar-refractivity contribution in [2.75, 3.05) is 39.9 Å². The van der Waals surface area contributed by atoms with E-state index < -0.39 is 12.6 Å². The van der Waals surface area contributed by atoms with Crippen LogP contribution in [-0.2, 0) is 4.74 Å². The summed E-state index contributed by atoms with van der Waals surface area (Å²) in [7, 11) is 1.63. The largest absolute Gasteiger partial charge is 0.390 e. The Morgan fingerprint density at radius 3 is 2.82 bits per heavy atom. The molecular formula is C11H21F3N2O. The quantitative estimate of drug-likeness (QED) is 0.699. The van der Waals surface area contributed by atoms with Crippen LogP contribution < -0.4 is 5.32 Å². The highest BCUT2D eigenvalue weighted by Gasteiger charge is 2.31. The molecule has 1 heterocycles. The third-order valence-electron chi connectivity index (χ3n) is 3.04. The third kappa shape index (κ3) is 6.24. The van der Waals surface area contributed by atoms with Gasteiger partial charge in [0.25, 0.3) is 0 Å². The van der Waals surface area contributed by atoms with E-state index in [0.29, 0.717) is 6.61 Å². The molecule has 0 aromatic heterocycles. The zero-order chi connectivity index (χ0) is 12.7. The molecular weight excluding hydrogens is 233 g/mol. The fourth-order valence-corrected chi connectivity index (χ4v) is 2.13.